The fourth-order valence-electron chi connectivity index (χ4n) is 4.91. The highest BCUT2D eigenvalue weighted by atomic mass is 14.5. The van der Waals surface area contributed by atoms with E-state index in [1.165, 1.54) is 38.9 Å². The summed E-state index contributed by atoms with van der Waals surface area (Å²) in [6.45, 7) is 6.89. The van der Waals surface area contributed by atoms with Crippen molar-refractivity contribution in [2.45, 2.75) is 39.0 Å². The second-order valence-corrected chi connectivity index (χ2v) is 9.04. The summed E-state index contributed by atoms with van der Waals surface area (Å²) in [7, 11) is 0. The predicted octanol–water partition coefficient (Wildman–Crippen LogP) is 7.98. The summed E-state index contributed by atoms with van der Waals surface area (Å²) in [5.41, 5.74) is 9.28. The molecule has 0 saturated carbocycles. The number of rotatable bonds is 2. The van der Waals surface area contributed by atoms with E-state index in [9.17, 15) is 0 Å². The van der Waals surface area contributed by atoms with Crippen molar-refractivity contribution in [2.24, 2.45) is 0 Å². The third kappa shape index (κ3) is 2.82. The van der Waals surface area contributed by atoms with Crippen molar-refractivity contribution >= 4 is 0 Å². The van der Waals surface area contributed by atoms with Gasteiger partial charge in [-0.3, -0.25) is 0 Å². The normalized spacial score (nSPS) is 13.8. The molecule has 0 aromatic heterocycles. The van der Waals surface area contributed by atoms with Gasteiger partial charge in [0, 0.05) is 0 Å². The molecule has 0 heteroatoms. The standard InChI is InChI=1S/C29H26.CH4/c1-28(2,3)23-18-19-25-24-16-10-11-17-26(24)29(27(25)20-23,21-12-6-4-7-13-21)22-14-8-5-9-15-22;/h4-20H,1-3H3;1H4. The Hall–Kier alpha value is -3.12. The molecule has 1 aliphatic carbocycles. The number of benzene rings is 4. The lowest BCUT2D eigenvalue weighted by Crippen LogP contribution is -2.29. The van der Waals surface area contributed by atoms with Gasteiger partial charge in [-0.25, -0.2) is 0 Å². The van der Waals surface area contributed by atoms with Crippen LogP contribution >= 0.6 is 0 Å². The van der Waals surface area contributed by atoms with Gasteiger partial charge < -0.3 is 0 Å². The Morgan fingerprint density at radius 3 is 1.60 bits per heavy atom. The first-order valence-electron chi connectivity index (χ1n) is 10.4. The second kappa shape index (κ2) is 7.29. The summed E-state index contributed by atoms with van der Waals surface area (Å²) >= 11 is 0. The Bertz CT molecular complexity index is 1120. The molecule has 0 unspecified atom stereocenters. The molecular formula is C30H30. The molecule has 0 radical (unpaired) electrons. The van der Waals surface area contributed by atoms with Gasteiger partial charge in [-0.1, -0.05) is 131 Å². The Kier molecular flexibility index (Phi) is 4.90. The van der Waals surface area contributed by atoms with E-state index in [0.29, 0.717) is 0 Å². The second-order valence-electron chi connectivity index (χ2n) is 9.04. The lowest BCUT2D eigenvalue weighted by molar-refractivity contribution is 0.588. The predicted molar refractivity (Wildman–Crippen MR) is 129 cm³/mol. The van der Waals surface area contributed by atoms with Gasteiger partial charge in [0.25, 0.3) is 0 Å². The minimum absolute atomic E-state index is 0. The van der Waals surface area contributed by atoms with Crippen LogP contribution in [-0.4, -0.2) is 0 Å². The van der Waals surface area contributed by atoms with Crippen LogP contribution in [0.15, 0.2) is 103 Å². The van der Waals surface area contributed by atoms with Crippen molar-refractivity contribution in [3.63, 3.8) is 0 Å². The Labute approximate surface area is 181 Å². The lowest BCUT2D eigenvalue weighted by atomic mass is 9.67. The zero-order chi connectivity index (χ0) is 20.1. The van der Waals surface area contributed by atoms with Gasteiger partial charge in [-0.05, 0) is 44.4 Å². The first-order chi connectivity index (χ1) is 14.0. The van der Waals surface area contributed by atoms with Crippen molar-refractivity contribution in [3.05, 3.63) is 131 Å². The summed E-state index contributed by atoms with van der Waals surface area (Å²) in [4.78, 5) is 0. The monoisotopic (exact) mass is 390 g/mol. The van der Waals surface area contributed by atoms with E-state index in [0.717, 1.165) is 0 Å². The minimum Gasteiger partial charge on any atom is -0.0776 e. The van der Waals surface area contributed by atoms with E-state index in [4.69, 9.17) is 0 Å². The minimum atomic E-state index is -0.296. The first-order valence-corrected chi connectivity index (χ1v) is 10.4. The van der Waals surface area contributed by atoms with Crippen LogP contribution in [0.3, 0.4) is 0 Å². The largest absolute Gasteiger partial charge is 0.0776 e. The number of hydrogen-bond donors (Lipinski definition) is 0. The Morgan fingerprint density at radius 1 is 0.533 bits per heavy atom. The molecule has 0 fully saturated rings. The molecule has 4 aromatic carbocycles. The number of fused-ring (bicyclic) bond motifs is 3. The highest BCUT2D eigenvalue weighted by molar-refractivity contribution is 5.86. The average Bonchev–Trinajstić information content (AvgIpc) is 3.05. The van der Waals surface area contributed by atoms with Crippen LogP contribution in [0.1, 0.15) is 56.0 Å². The van der Waals surface area contributed by atoms with Gasteiger partial charge in [-0.15, -0.1) is 0 Å². The summed E-state index contributed by atoms with van der Waals surface area (Å²) in [6.07, 6.45) is 0. The maximum atomic E-state index is 2.45. The molecule has 0 aliphatic heterocycles. The number of hydrogen-bond acceptors (Lipinski definition) is 0. The molecular weight excluding hydrogens is 360 g/mol. The molecule has 4 aromatic rings. The SMILES string of the molecule is C.CC(C)(C)c1ccc2c(c1)C(c1ccccc1)(c1ccccc1)c1ccccc1-2. The zero-order valence-corrected chi connectivity index (χ0v) is 17.3. The van der Waals surface area contributed by atoms with Crippen molar-refractivity contribution < 1.29 is 0 Å². The topological polar surface area (TPSA) is 0 Å². The molecule has 0 bridgehead atoms. The van der Waals surface area contributed by atoms with Crippen LogP contribution in [0.5, 0.6) is 0 Å². The maximum absolute atomic E-state index is 2.45. The van der Waals surface area contributed by atoms with Crippen LogP contribution in [0, 0.1) is 0 Å². The lowest BCUT2D eigenvalue weighted by Gasteiger charge is -2.34. The third-order valence-corrected chi connectivity index (χ3v) is 6.32. The molecule has 0 atom stereocenters. The molecule has 0 heterocycles. The van der Waals surface area contributed by atoms with E-state index in [-0.39, 0.29) is 18.3 Å². The summed E-state index contributed by atoms with van der Waals surface area (Å²) < 4.78 is 0. The van der Waals surface area contributed by atoms with Crippen molar-refractivity contribution in [1.29, 1.82) is 0 Å². The molecule has 1 aliphatic rings. The van der Waals surface area contributed by atoms with Crippen LogP contribution in [0.2, 0.25) is 0 Å². The first kappa shape index (κ1) is 20.2. The van der Waals surface area contributed by atoms with E-state index in [1.807, 2.05) is 0 Å². The fraction of sp³-hybridized carbons (Fsp3) is 0.200. The van der Waals surface area contributed by atoms with Crippen LogP contribution < -0.4 is 0 Å². The van der Waals surface area contributed by atoms with E-state index < -0.39 is 0 Å². The highest BCUT2D eigenvalue weighted by Crippen LogP contribution is 2.56. The van der Waals surface area contributed by atoms with E-state index >= 15 is 0 Å². The zero-order valence-electron chi connectivity index (χ0n) is 17.3. The summed E-state index contributed by atoms with van der Waals surface area (Å²) in [6, 6.07) is 38.0. The van der Waals surface area contributed by atoms with Gasteiger partial charge >= 0.3 is 0 Å². The van der Waals surface area contributed by atoms with Gasteiger partial charge in [0.2, 0.25) is 0 Å². The Morgan fingerprint density at radius 2 is 1.03 bits per heavy atom. The van der Waals surface area contributed by atoms with Gasteiger partial charge in [0.1, 0.15) is 0 Å². The molecule has 0 spiro atoms. The summed E-state index contributed by atoms with van der Waals surface area (Å²) in [5.74, 6) is 0. The van der Waals surface area contributed by atoms with Gasteiger partial charge in [0.15, 0.2) is 0 Å². The van der Waals surface area contributed by atoms with Gasteiger partial charge in [-0.2, -0.15) is 0 Å². The molecule has 0 N–H and O–H groups in total. The van der Waals surface area contributed by atoms with Crippen molar-refractivity contribution in [3.8, 4) is 11.1 Å². The molecule has 0 saturated heterocycles. The third-order valence-electron chi connectivity index (χ3n) is 6.32. The highest BCUT2D eigenvalue weighted by Gasteiger charge is 2.46. The smallest absolute Gasteiger partial charge is 0.0713 e. The Balaban J connectivity index is 0.00000218. The fourth-order valence-corrected chi connectivity index (χ4v) is 4.91. The van der Waals surface area contributed by atoms with E-state index in [2.05, 4.69) is 124 Å². The average molecular weight is 391 g/mol. The maximum Gasteiger partial charge on any atom is 0.0713 e. The summed E-state index contributed by atoms with van der Waals surface area (Å²) in [5, 5.41) is 0. The molecule has 0 amide bonds. The molecule has 30 heavy (non-hydrogen) atoms. The van der Waals surface area contributed by atoms with Crippen LogP contribution in [-0.2, 0) is 10.8 Å². The molecule has 0 nitrogen and oxygen atoms in total. The molecule has 150 valence electrons. The van der Waals surface area contributed by atoms with Gasteiger partial charge in [0.05, 0.1) is 5.41 Å². The van der Waals surface area contributed by atoms with Crippen molar-refractivity contribution in [1.82, 2.24) is 0 Å². The van der Waals surface area contributed by atoms with E-state index in [1.54, 1.807) is 0 Å². The van der Waals surface area contributed by atoms with Crippen LogP contribution in [0.4, 0.5) is 0 Å². The molecule has 5 rings (SSSR count). The van der Waals surface area contributed by atoms with Crippen molar-refractivity contribution in [2.75, 3.05) is 0 Å². The quantitative estimate of drug-likeness (QED) is 0.286. The van der Waals surface area contributed by atoms with Crippen LogP contribution in [0.25, 0.3) is 11.1 Å².